The molecule has 3 nitrogen and oxygen atoms in total. The minimum absolute atomic E-state index is 0.259. The lowest BCUT2D eigenvalue weighted by molar-refractivity contribution is 0.144. The Morgan fingerprint density at radius 2 is 2.17 bits per heavy atom. The quantitative estimate of drug-likeness (QED) is 0.880. The standard InChI is InChI=1S/C15H18N2O/c16-12-4-1-5-13(9-12)18-14-7-6-11-3-2-8-17-15(11)10-14/h2-3,6-8,10,12-13H,1,4-5,9,16H2. The van der Waals surface area contributed by atoms with Crippen molar-refractivity contribution in [3.63, 3.8) is 0 Å². The van der Waals surface area contributed by atoms with Crippen LogP contribution < -0.4 is 10.5 Å². The first-order valence-electron chi connectivity index (χ1n) is 6.58. The first-order valence-corrected chi connectivity index (χ1v) is 6.58. The number of hydrogen-bond acceptors (Lipinski definition) is 3. The highest BCUT2D eigenvalue weighted by atomic mass is 16.5. The second-order valence-electron chi connectivity index (χ2n) is 5.02. The third-order valence-electron chi connectivity index (χ3n) is 3.55. The van der Waals surface area contributed by atoms with Crippen molar-refractivity contribution in [2.24, 2.45) is 5.73 Å². The van der Waals surface area contributed by atoms with Gasteiger partial charge in [-0.25, -0.2) is 0 Å². The molecule has 0 bridgehead atoms. The number of nitrogens with two attached hydrogens (primary N) is 1. The molecule has 0 amide bonds. The topological polar surface area (TPSA) is 48.1 Å². The highest BCUT2D eigenvalue weighted by Crippen LogP contribution is 2.25. The monoisotopic (exact) mass is 242 g/mol. The fraction of sp³-hybridized carbons (Fsp3) is 0.400. The largest absolute Gasteiger partial charge is 0.490 e. The zero-order valence-electron chi connectivity index (χ0n) is 10.4. The Morgan fingerprint density at radius 3 is 3.06 bits per heavy atom. The average Bonchev–Trinajstić information content (AvgIpc) is 2.39. The normalized spacial score (nSPS) is 24.1. The van der Waals surface area contributed by atoms with Gasteiger partial charge in [0.25, 0.3) is 0 Å². The zero-order chi connectivity index (χ0) is 12.4. The fourth-order valence-corrected chi connectivity index (χ4v) is 2.60. The van der Waals surface area contributed by atoms with Gasteiger partial charge < -0.3 is 10.5 Å². The molecule has 2 aromatic rings. The number of fused-ring (bicyclic) bond motifs is 1. The van der Waals surface area contributed by atoms with Gasteiger partial charge in [-0.05, 0) is 43.9 Å². The highest BCUT2D eigenvalue weighted by Gasteiger charge is 2.20. The van der Waals surface area contributed by atoms with E-state index >= 15 is 0 Å². The van der Waals surface area contributed by atoms with Crippen molar-refractivity contribution in [3.8, 4) is 5.75 Å². The van der Waals surface area contributed by atoms with Crippen LogP contribution in [-0.2, 0) is 0 Å². The lowest BCUT2D eigenvalue weighted by Gasteiger charge is -2.27. The highest BCUT2D eigenvalue weighted by molar-refractivity contribution is 5.79. The molecule has 1 aromatic heterocycles. The average molecular weight is 242 g/mol. The molecule has 2 N–H and O–H groups in total. The van der Waals surface area contributed by atoms with Crippen LogP contribution in [-0.4, -0.2) is 17.1 Å². The second-order valence-corrected chi connectivity index (χ2v) is 5.02. The van der Waals surface area contributed by atoms with E-state index in [2.05, 4.69) is 17.1 Å². The van der Waals surface area contributed by atoms with Gasteiger partial charge in [-0.1, -0.05) is 6.07 Å². The molecule has 1 heterocycles. The first-order chi connectivity index (χ1) is 8.81. The van der Waals surface area contributed by atoms with Gasteiger partial charge >= 0.3 is 0 Å². The van der Waals surface area contributed by atoms with Crippen molar-refractivity contribution in [1.29, 1.82) is 0 Å². The van der Waals surface area contributed by atoms with Crippen molar-refractivity contribution in [2.45, 2.75) is 37.8 Å². The van der Waals surface area contributed by atoms with Crippen molar-refractivity contribution in [2.75, 3.05) is 0 Å². The van der Waals surface area contributed by atoms with Crippen molar-refractivity contribution in [3.05, 3.63) is 36.5 Å². The number of rotatable bonds is 2. The van der Waals surface area contributed by atoms with E-state index < -0.39 is 0 Å². The smallest absolute Gasteiger partial charge is 0.121 e. The predicted octanol–water partition coefficient (Wildman–Crippen LogP) is 2.88. The van der Waals surface area contributed by atoms with Crippen LogP contribution in [0.4, 0.5) is 0 Å². The van der Waals surface area contributed by atoms with E-state index in [1.165, 1.54) is 0 Å². The summed E-state index contributed by atoms with van der Waals surface area (Å²) in [5.41, 5.74) is 6.96. The summed E-state index contributed by atoms with van der Waals surface area (Å²) in [7, 11) is 0. The van der Waals surface area contributed by atoms with Crippen LogP contribution in [0.1, 0.15) is 25.7 Å². The van der Waals surface area contributed by atoms with Gasteiger partial charge in [-0.3, -0.25) is 4.98 Å². The summed E-state index contributed by atoms with van der Waals surface area (Å²) >= 11 is 0. The second kappa shape index (κ2) is 4.94. The molecule has 0 aliphatic heterocycles. The van der Waals surface area contributed by atoms with Gasteiger partial charge in [-0.15, -0.1) is 0 Å². The summed E-state index contributed by atoms with van der Waals surface area (Å²) in [6.07, 6.45) is 6.42. The lowest BCUT2D eigenvalue weighted by atomic mass is 9.93. The minimum atomic E-state index is 0.259. The molecule has 1 aliphatic carbocycles. The Hall–Kier alpha value is -1.61. The number of nitrogens with zero attached hydrogens (tertiary/aromatic N) is 1. The van der Waals surface area contributed by atoms with E-state index in [-0.39, 0.29) is 6.10 Å². The molecule has 3 rings (SSSR count). The maximum atomic E-state index is 6.01. The van der Waals surface area contributed by atoms with E-state index in [9.17, 15) is 0 Å². The first kappa shape index (κ1) is 11.5. The van der Waals surface area contributed by atoms with Gasteiger partial charge in [0.15, 0.2) is 0 Å². The maximum Gasteiger partial charge on any atom is 0.121 e. The summed E-state index contributed by atoms with van der Waals surface area (Å²) in [5, 5.41) is 1.14. The molecule has 0 saturated heterocycles. The molecule has 0 radical (unpaired) electrons. The number of aromatic nitrogens is 1. The molecule has 2 unspecified atom stereocenters. The van der Waals surface area contributed by atoms with Crippen LogP contribution in [0, 0.1) is 0 Å². The fourth-order valence-electron chi connectivity index (χ4n) is 2.60. The molecule has 3 heteroatoms. The van der Waals surface area contributed by atoms with Crippen molar-refractivity contribution >= 4 is 10.9 Å². The molecule has 1 fully saturated rings. The number of pyridine rings is 1. The van der Waals surface area contributed by atoms with Gasteiger partial charge in [-0.2, -0.15) is 0 Å². The van der Waals surface area contributed by atoms with Crippen LogP contribution in [0.15, 0.2) is 36.5 Å². The van der Waals surface area contributed by atoms with Gasteiger partial charge in [0.1, 0.15) is 11.9 Å². The predicted molar refractivity (Wildman–Crippen MR) is 72.6 cm³/mol. The molecule has 1 aromatic carbocycles. The molecule has 1 saturated carbocycles. The number of hydrogen-bond donors (Lipinski definition) is 1. The van der Waals surface area contributed by atoms with Gasteiger partial charge in [0, 0.05) is 23.7 Å². The maximum absolute atomic E-state index is 6.01. The number of benzene rings is 1. The Kier molecular flexibility index (Phi) is 3.15. The Labute approximate surface area is 107 Å². The Morgan fingerprint density at radius 1 is 1.22 bits per heavy atom. The van der Waals surface area contributed by atoms with Crippen LogP contribution in [0.25, 0.3) is 10.9 Å². The minimum Gasteiger partial charge on any atom is -0.490 e. The van der Waals surface area contributed by atoms with E-state index in [1.807, 2.05) is 24.4 Å². The van der Waals surface area contributed by atoms with E-state index in [0.29, 0.717) is 6.04 Å². The van der Waals surface area contributed by atoms with Crippen LogP contribution in [0.2, 0.25) is 0 Å². The van der Waals surface area contributed by atoms with Crippen molar-refractivity contribution < 1.29 is 4.74 Å². The van der Waals surface area contributed by atoms with Gasteiger partial charge in [0.05, 0.1) is 5.52 Å². The third-order valence-corrected chi connectivity index (χ3v) is 3.55. The summed E-state index contributed by atoms with van der Waals surface area (Å²) in [6, 6.07) is 10.4. The van der Waals surface area contributed by atoms with Crippen LogP contribution >= 0.6 is 0 Å². The van der Waals surface area contributed by atoms with Crippen LogP contribution in [0.3, 0.4) is 0 Å². The van der Waals surface area contributed by atoms with Gasteiger partial charge in [0.2, 0.25) is 0 Å². The summed E-state index contributed by atoms with van der Waals surface area (Å²) in [4.78, 5) is 4.35. The number of ether oxygens (including phenoxy) is 1. The molecular weight excluding hydrogens is 224 g/mol. The third kappa shape index (κ3) is 2.46. The summed E-state index contributed by atoms with van der Waals surface area (Å²) in [6.45, 7) is 0. The molecule has 1 aliphatic rings. The Balaban J connectivity index is 1.78. The molecule has 2 atom stereocenters. The molecule has 18 heavy (non-hydrogen) atoms. The molecule has 0 spiro atoms. The molecular formula is C15H18N2O. The zero-order valence-corrected chi connectivity index (χ0v) is 10.4. The Bertz CT molecular complexity index is 541. The van der Waals surface area contributed by atoms with Crippen LogP contribution in [0.5, 0.6) is 5.75 Å². The SMILES string of the molecule is NC1CCCC(Oc2ccc3cccnc3c2)C1. The van der Waals surface area contributed by atoms with Crippen molar-refractivity contribution in [1.82, 2.24) is 4.98 Å². The van der Waals surface area contributed by atoms with E-state index in [0.717, 1.165) is 42.3 Å². The van der Waals surface area contributed by atoms with E-state index in [1.54, 1.807) is 0 Å². The molecule has 94 valence electrons. The summed E-state index contributed by atoms with van der Waals surface area (Å²) < 4.78 is 6.01. The summed E-state index contributed by atoms with van der Waals surface area (Å²) in [5.74, 6) is 0.903. The van der Waals surface area contributed by atoms with E-state index in [4.69, 9.17) is 10.5 Å². The lowest BCUT2D eigenvalue weighted by Crippen LogP contribution is -2.33.